The number of benzene rings is 1. The average molecular weight is 219 g/mol. The van der Waals surface area contributed by atoms with Gasteiger partial charge in [-0.15, -0.1) is 0 Å². The Balaban J connectivity index is 2.36. The Morgan fingerprint density at radius 3 is 2.81 bits per heavy atom. The number of carboxylic acids is 1. The van der Waals surface area contributed by atoms with Crippen LogP contribution in [0.2, 0.25) is 0 Å². The number of nitrogens with zero attached hydrogens (tertiary/aromatic N) is 1. The van der Waals surface area contributed by atoms with Crippen molar-refractivity contribution in [1.82, 2.24) is 0 Å². The summed E-state index contributed by atoms with van der Waals surface area (Å²) >= 11 is 0. The van der Waals surface area contributed by atoms with E-state index in [0.29, 0.717) is 11.5 Å². The van der Waals surface area contributed by atoms with Crippen LogP contribution >= 0.6 is 0 Å². The molecule has 86 valence electrons. The Hall–Kier alpha value is -1.51. The van der Waals surface area contributed by atoms with Gasteiger partial charge in [0.25, 0.3) is 0 Å². The maximum atomic E-state index is 11.2. The second-order valence-corrected chi connectivity index (χ2v) is 4.67. The van der Waals surface area contributed by atoms with Crippen molar-refractivity contribution >= 4 is 11.7 Å². The van der Waals surface area contributed by atoms with Crippen molar-refractivity contribution in [3.63, 3.8) is 0 Å². The van der Waals surface area contributed by atoms with E-state index in [1.54, 1.807) is 6.07 Å². The zero-order valence-corrected chi connectivity index (χ0v) is 9.73. The maximum Gasteiger partial charge on any atom is 0.337 e. The maximum absolute atomic E-state index is 11.2. The highest BCUT2D eigenvalue weighted by Gasteiger charge is 2.22. The number of aryl methyl sites for hydroxylation is 1. The van der Waals surface area contributed by atoms with E-state index in [0.717, 1.165) is 30.8 Å². The lowest BCUT2D eigenvalue weighted by atomic mass is 10.1. The van der Waals surface area contributed by atoms with Crippen LogP contribution in [-0.2, 0) is 0 Å². The summed E-state index contributed by atoms with van der Waals surface area (Å²) in [6, 6.07) is 5.65. The van der Waals surface area contributed by atoms with Crippen LogP contribution < -0.4 is 4.90 Å². The van der Waals surface area contributed by atoms with Crippen LogP contribution in [-0.4, -0.2) is 24.2 Å². The molecule has 3 nitrogen and oxygen atoms in total. The van der Waals surface area contributed by atoms with Gasteiger partial charge in [0.15, 0.2) is 0 Å². The van der Waals surface area contributed by atoms with Gasteiger partial charge in [-0.1, -0.05) is 18.6 Å². The molecule has 0 amide bonds. The molecule has 1 atom stereocenters. The molecule has 0 spiro atoms. The van der Waals surface area contributed by atoms with Gasteiger partial charge in [-0.3, -0.25) is 0 Å². The first-order valence-electron chi connectivity index (χ1n) is 5.67. The molecule has 1 saturated heterocycles. The summed E-state index contributed by atoms with van der Waals surface area (Å²) in [5.74, 6) is -0.179. The molecule has 3 heteroatoms. The summed E-state index contributed by atoms with van der Waals surface area (Å²) < 4.78 is 0. The molecule has 1 aromatic rings. The second kappa shape index (κ2) is 4.16. The van der Waals surface area contributed by atoms with E-state index in [4.69, 9.17) is 0 Å². The van der Waals surface area contributed by atoms with Crippen molar-refractivity contribution in [2.75, 3.05) is 18.0 Å². The molecule has 1 fully saturated rings. The Morgan fingerprint density at radius 2 is 2.25 bits per heavy atom. The highest BCUT2D eigenvalue weighted by atomic mass is 16.4. The third kappa shape index (κ3) is 2.03. The van der Waals surface area contributed by atoms with Crippen molar-refractivity contribution in [1.29, 1.82) is 0 Å². The molecule has 0 bridgehead atoms. The fourth-order valence-electron chi connectivity index (χ4n) is 2.25. The SMILES string of the molecule is Cc1ccc(N2CCC(C)C2)c(C(=O)O)c1. The molecule has 0 aromatic heterocycles. The van der Waals surface area contributed by atoms with Crippen LogP contribution in [0.25, 0.3) is 0 Å². The highest BCUT2D eigenvalue weighted by Crippen LogP contribution is 2.27. The van der Waals surface area contributed by atoms with Crippen LogP contribution in [0.15, 0.2) is 18.2 Å². The van der Waals surface area contributed by atoms with Gasteiger partial charge in [-0.05, 0) is 31.4 Å². The Bertz CT molecular complexity index is 414. The molecule has 16 heavy (non-hydrogen) atoms. The first-order valence-corrected chi connectivity index (χ1v) is 5.67. The molecule has 1 heterocycles. The second-order valence-electron chi connectivity index (χ2n) is 4.67. The molecule has 1 aliphatic rings. The van der Waals surface area contributed by atoms with Gasteiger partial charge >= 0.3 is 5.97 Å². The van der Waals surface area contributed by atoms with Crippen LogP contribution in [0, 0.1) is 12.8 Å². The van der Waals surface area contributed by atoms with Crippen LogP contribution in [0.3, 0.4) is 0 Å². The Morgan fingerprint density at radius 1 is 1.50 bits per heavy atom. The fourth-order valence-corrected chi connectivity index (χ4v) is 2.25. The molecule has 1 N–H and O–H groups in total. The average Bonchev–Trinajstić information content (AvgIpc) is 2.64. The number of aromatic carboxylic acids is 1. The van der Waals surface area contributed by atoms with Gasteiger partial charge in [-0.2, -0.15) is 0 Å². The predicted octanol–water partition coefficient (Wildman–Crippen LogP) is 2.54. The van der Waals surface area contributed by atoms with E-state index in [-0.39, 0.29) is 0 Å². The van der Waals surface area contributed by atoms with Crippen molar-refractivity contribution < 1.29 is 9.90 Å². The van der Waals surface area contributed by atoms with Crippen LogP contribution in [0.4, 0.5) is 5.69 Å². The summed E-state index contributed by atoms with van der Waals surface area (Å²) in [6.45, 7) is 6.05. The lowest BCUT2D eigenvalue weighted by molar-refractivity contribution is 0.0697. The molecule has 1 aliphatic heterocycles. The number of rotatable bonds is 2. The zero-order chi connectivity index (χ0) is 11.7. The summed E-state index contributed by atoms with van der Waals surface area (Å²) in [4.78, 5) is 13.4. The van der Waals surface area contributed by atoms with Crippen molar-refractivity contribution in [3.8, 4) is 0 Å². The van der Waals surface area contributed by atoms with Crippen LogP contribution in [0.1, 0.15) is 29.3 Å². The largest absolute Gasteiger partial charge is 0.478 e. The first-order chi connectivity index (χ1) is 7.58. The van der Waals surface area contributed by atoms with Gasteiger partial charge < -0.3 is 10.0 Å². The molecule has 2 rings (SSSR count). The predicted molar refractivity (Wildman–Crippen MR) is 64.1 cm³/mol. The Kier molecular flexibility index (Phi) is 2.86. The van der Waals surface area contributed by atoms with E-state index in [1.165, 1.54) is 0 Å². The fraction of sp³-hybridized carbons (Fsp3) is 0.462. The van der Waals surface area contributed by atoms with Crippen molar-refractivity contribution in [2.45, 2.75) is 20.3 Å². The van der Waals surface area contributed by atoms with E-state index < -0.39 is 5.97 Å². The summed E-state index contributed by atoms with van der Waals surface area (Å²) in [5.41, 5.74) is 2.28. The van der Waals surface area contributed by atoms with Crippen LogP contribution in [0.5, 0.6) is 0 Å². The number of anilines is 1. The Labute approximate surface area is 95.7 Å². The standard InChI is InChI=1S/C13H17NO2/c1-9-3-4-12(11(7-9)13(15)16)14-6-5-10(2)8-14/h3-4,7,10H,5-6,8H2,1-2H3,(H,15,16). The lowest BCUT2D eigenvalue weighted by Crippen LogP contribution is -2.21. The molecule has 0 aliphatic carbocycles. The molecular weight excluding hydrogens is 202 g/mol. The minimum absolute atomic E-state index is 0.425. The zero-order valence-electron chi connectivity index (χ0n) is 9.73. The topological polar surface area (TPSA) is 40.5 Å². The first kappa shape index (κ1) is 11.0. The van der Waals surface area contributed by atoms with E-state index >= 15 is 0 Å². The highest BCUT2D eigenvalue weighted by molar-refractivity contribution is 5.94. The van der Waals surface area contributed by atoms with Gasteiger partial charge in [-0.25, -0.2) is 4.79 Å². The van der Waals surface area contributed by atoms with Crippen molar-refractivity contribution in [2.24, 2.45) is 5.92 Å². The summed E-state index contributed by atoms with van der Waals surface area (Å²) in [5, 5.41) is 9.19. The van der Waals surface area contributed by atoms with Gasteiger partial charge in [0.1, 0.15) is 0 Å². The summed E-state index contributed by atoms with van der Waals surface area (Å²) in [7, 11) is 0. The molecule has 1 aromatic carbocycles. The monoisotopic (exact) mass is 219 g/mol. The third-order valence-corrected chi connectivity index (χ3v) is 3.15. The number of hydrogen-bond donors (Lipinski definition) is 1. The lowest BCUT2D eigenvalue weighted by Gasteiger charge is -2.20. The van der Waals surface area contributed by atoms with E-state index in [2.05, 4.69) is 11.8 Å². The number of carboxylic acid groups (broad SMARTS) is 1. The molecular formula is C13H17NO2. The third-order valence-electron chi connectivity index (χ3n) is 3.15. The van der Waals surface area contributed by atoms with Gasteiger partial charge in [0.05, 0.1) is 11.3 Å². The molecule has 0 saturated carbocycles. The van der Waals surface area contributed by atoms with E-state index in [9.17, 15) is 9.90 Å². The molecule has 1 unspecified atom stereocenters. The minimum Gasteiger partial charge on any atom is -0.478 e. The van der Waals surface area contributed by atoms with Crippen molar-refractivity contribution in [3.05, 3.63) is 29.3 Å². The molecule has 0 radical (unpaired) electrons. The van der Waals surface area contributed by atoms with Gasteiger partial charge in [0, 0.05) is 13.1 Å². The summed E-state index contributed by atoms with van der Waals surface area (Å²) in [6.07, 6.45) is 1.15. The van der Waals surface area contributed by atoms with E-state index in [1.807, 2.05) is 19.1 Å². The number of hydrogen-bond acceptors (Lipinski definition) is 2. The smallest absolute Gasteiger partial charge is 0.337 e. The minimum atomic E-state index is -0.835. The van der Waals surface area contributed by atoms with Gasteiger partial charge in [0.2, 0.25) is 0 Å². The quantitative estimate of drug-likeness (QED) is 0.831. The number of carbonyl (C=O) groups is 1. The normalized spacial score (nSPS) is 20.1.